The fraction of sp³-hybridized carbons (Fsp3) is 0.947. The molecule has 14 heteroatoms. The average Bonchev–Trinajstić information content (AvgIpc) is 3.09. The maximum absolute atomic E-state index is 14.2. The van der Waals surface area contributed by atoms with Crippen LogP contribution in [-0.4, -0.2) is 150 Å². The lowest BCUT2D eigenvalue weighted by Crippen LogP contribution is -2.61. The predicted molar refractivity (Wildman–Crippen MR) is 191 cm³/mol. The fourth-order valence-electron chi connectivity index (χ4n) is 8.58. The van der Waals surface area contributed by atoms with Crippen LogP contribution in [0.3, 0.4) is 0 Å². The highest BCUT2D eigenvalue weighted by Crippen LogP contribution is 2.41. The van der Waals surface area contributed by atoms with Crippen LogP contribution < -0.4 is 0 Å². The SMILES string of the molecule is CC[C@@H]1OC(=O)[C@H](C)[C@H](O[C@H]2C[C@@](C)(OC)[C@@H](O)[C@H](C)O2)[C@H](C)[C@@H](O[C@@H]2O[C@H](C)C[C@H](N(C)C)[C@H]2O)[C@@](C)(OC)C[C@@H](C)C(=O)[C@@H](C)[C@@H](O)[C@]1(C)O. The molecule has 3 aliphatic rings. The van der Waals surface area contributed by atoms with Gasteiger partial charge in [-0.25, -0.2) is 0 Å². The number of carbonyl (C=O) groups excluding carboxylic acids is 2. The number of carbonyl (C=O) groups is 2. The Kier molecular flexibility index (Phi) is 15.3. The molecule has 3 rings (SSSR count). The maximum atomic E-state index is 14.2. The molecule has 52 heavy (non-hydrogen) atoms. The monoisotopic (exact) mass is 747 g/mol. The summed E-state index contributed by atoms with van der Waals surface area (Å²) in [5.41, 5.74) is -4.24. The number of ether oxygens (including phenoxy) is 7. The van der Waals surface area contributed by atoms with E-state index in [4.69, 9.17) is 33.2 Å². The van der Waals surface area contributed by atoms with Gasteiger partial charge in [0.05, 0.1) is 47.6 Å². The van der Waals surface area contributed by atoms with Crippen LogP contribution in [0.15, 0.2) is 0 Å². The second kappa shape index (κ2) is 17.7. The van der Waals surface area contributed by atoms with E-state index in [-0.39, 0.29) is 37.2 Å². The van der Waals surface area contributed by atoms with Gasteiger partial charge in [0.2, 0.25) is 0 Å². The number of methoxy groups -OCH3 is 2. The molecule has 4 N–H and O–H groups in total. The van der Waals surface area contributed by atoms with Gasteiger partial charge in [-0.15, -0.1) is 0 Å². The predicted octanol–water partition coefficient (Wildman–Crippen LogP) is 2.44. The van der Waals surface area contributed by atoms with Gasteiger partial charge >= 0.3 is 5.97 Å². The summed E-state index contributed by atoms with van der Waals surface area (Å²) in [6, 6.07) is -0.283. The van der Waals surface area contributed by atoms with E-state index >= 15 is 0 Å². The lowest BCUT2D eigenvalue weighted by molar-refractivity contribution is -0.319. The second-order valence-corrected chi connectivity index (χ2v) is 16.6. The molecule has 3 aliphatic heterocycles. The zero-order valence-electron chi connectivity index (χ0n) is 33.9. The number of aliphatic hydroxyl groups is 4. The van der Waals surface area contributed by atoms with Gasteiger partial charge in [-0.05, 0) is 74.9 Å². The Morgan fingerprint density at radius 1 is 0.846 bits per heavy atom. The Morgan fingerprint density at radius 2 is 1.44 bits per heavy atom. The smallest absolute Gasteiger partial charge is 0.311 e. The Balaban J connectivity index is 2.22. The minimum absolute atomic E-state index is 0.111. The first-order chi connectivity index (χ1) is 24.0. The summed E-state index contributed by atoms with van der Waals surface area (Å²) in [5.74, 6) is -4.47. The van der Waals surface area contributed by atoms with Crippen LogP contribution in [0.4, 0.5) is 0 Å². The molecule has 18 atom stereocenters. The van der Waals surface area contributed by atoms with Crippen molar-refractivity contribution in [2.75, 3.05) is 28.3 Å². The van der Waals surface area contributed by atoms with Crippen LogP contribution in [0.1, 0.15) is 94.9 Å². The summed E-state index contributed by atoms with van der Waals surface area (Å²) in [7, 11) is 6.77. The first-order valence-corrected chi connectivity index (χ1v) is 18.9. The molecule has 3 heterocycles. The minimum Gasteiger partial charge on any atom is -0.459 e. The second-order valence-electron chi connectivity index (χ2n) is 16.6. The molecule has 0 spiro atoms. The first-order valence-electron chi connectivity index (χ1n) is 18.9. The molecule has 0 radical (unpaired) electrons. The lowest BCUT2D eigenvalue weighted by Gasteiger charge is -2.50. The zero-order valence-corrected chi connectivity index (χ0v) is 33.9. The average molecular weight is 748 g/mol. The summed E-state index contributed by atoms with van der Waals surface area (Å²) in [6.07, 6.45) is -8.73. The van der Waals surface area contributed by atoms with Crippen LogP contribution >= 0.6 is 0 Å². The zero-order chi connectivity index (χ0) is 39.7. The lowest BCUT2D eigenvalue weighted by atomic mass is 9.74. The number of aliphatic hydroxyl groups excluding tert-OH is 3. The van der Waals surface area contributed by atoms with Gasteiger partial charge in [0.1, 0.15) is 29.7 Å². The summed E-state index contributed by atoms with van der Waals surface area (Å²) < 4.78 is 43.9. The van der Waals surface area contributed by atoms with E-state index in [1.807, 2.05) is 32.8 Å². The van der Waals surface area contributed by atoms with Gasteiger partial charge in [-0.2, -0.15) is 0 Å². The summed E-state index contributed by atoms with van der Waals surface area (Å²) in [5, 5.41) is 45.6. The van der Waals surface area contributed by atoms with Crippen molar-refractivity contribution >= 4 is 11.8 Å². The third-order valence-electron chi connectivity index (χ3n) is 12.3. The highest BCUT2D eigenvalue weighted by Gasteiger charge is 2.54. The summed E-state index contributed by atoms with van der Waals surface area (Å²) in [6.45, 7) is 17.1. The molecule has 0 aromatic heterocycles. The van der Waals surface area contributed by atoms with Crippen molar-refractivity contribution in [3.05, 3.63) is 0 Å². The van der Waals surface area contributed by atoms with E-state index in [9.17, 15) is 30.0 Å². The fourth-order valence-corrected chi connectivity index (χ4v) is 8.58. The van der Waals surface area contributed by atoms with Crippen LogP contribution in [0.25, 0.3) is 0 Å². The summed E-state index contributed by atoms with van der Waals surface area (Å²) in [4.78, 5) is 30.1. The van der Waals surface area contributed by atoms with E-state index in [1.165, 1.54) is 21.1 Å². The Labute approximate surface area is 310 Å². The molecule has 0 amide bonds. The van der Waals surface area contributed by atoms with E-state index in [0.29, 0.717) is 6.42 Å². The van der Waals surface area contributed by atoms with Gasteiger partial charge in [0.15, 0.2) is 12.6 Å². The number of cyclic esters (lactones) is 1. The third kappa shape index (κ3) is 9.38. The summed E-state index contributed by atoms with van der Waals surface area (Å²) >= 11 is 0. The number of hydrogen-bond acceptors (Lipinski definition) is 14. The van der Waals surface area contributed by atoms with Crippen molar-refractivity contribution in [1.29, 1.82) is 0 Å². The Hall–Kier alpha value is -1.30. The molecule has 0 bridgehead atoms. The van der Waals surface area contributed by atoms with Gasteiger partial charge in [0.25, 0.3) is 0 Å². The highest BCUT2D eigenvalue weighted by atomic mass is 16.7. The Morgan fingerprint density at radius 3 is 1.98 bits per heavy atom. The van der Waals surface area contributed by atoms with Gasteiger partial charge < -0.3 is 58.5 Å². The van der Waals surface area contributed by atoms with E-state index < -0.39 is 102 Å². The van der Waals surface area contributed by atoms with Crippen LogP contribution in [0.2, 0.25) is 0 Å². The van der Waals surface area contributed by atoms with E-state index in [1.54, 1.807) is 48.5 Å². The minimum atomic E-state index is -1.96. The molecule has 0 unspecified atom stereocenters. The van der Waals surface area contributed by atoms with Crippen molar-refractivity contribution < 1.29 is 63.2 Å². The standard InChI is InChI=1S/C38H69NO13/c1-15-26-38(10,45)31(42)21(4)28(40)19(2)17-37(9,47-14)33(52-35-29(41)25(39(11)12)16-20(3)48-35)22(5)30(23(6)34(44)50-26)51-27-18-36(8,46-13)32(43)24(7)49-27/h19-27,29-33,35,41-43,45H,15-18H2,1-14H3/t19-,20-,21-,22+,23-,24+,25+,26+,27+,29-,30-,31-,32+,33-,35+,36-,37+,38-/m1/s1. The van der Waals surface area contributed by atoms with Gasteiger partial charge in [0, 0.05) is 44.4 Å². The van der Waals surface area contributed by atoms with Crippen LogP contribution in [-0.2, 0) is 42.7 Å². The van der Waals surface area contributed by atoms with Crippen LogP contribution in [0.5, 0.6) is 0 Å². The van der Waals surface area contributed by atoms with Crippen LogP contribution in [0, 0.1) is 23.7 Å². The number of esters is 1. The third-order valence-corrected chi connectivity index (χ3v) is 12.3. The van der Waals surface area contributed by atoms with Crippen molar-refractivity contribution in [3.63, 3.8) is 0 Å². The molecule has 3 fully saturated rings. The number of ketones is 1. The number of Topliss-reactive ketones (excluding diaryl/α,β-unsaturated/α-hetero) is 1. The van der Waals surface area contributed by atoms with Gasteiger partial charge in [-0.1, -0.05) is 27.7 Å². The molecule has 0 saturated carbocycles. The number of nitrogens with zero attached hydrogens (tertiary/aromatic N) is 1. The Bertz CT molecular complexity index is 1190. The van der Waals surface area contributed by atoms with E-state index in [0.717, 1.165) is 0 Å². The highest BCUT2D eigenvalue weighted by molar-refractivity contribution is 5.83. The molecule has 0 aliphatic carbocycles. The first kappa shape index (κ1) is 45.1. The molecular weight excluding hydrogens is 678 g/mol. The largest absolute Gasteiger partial charge is 0.459 e. The molecule has 0 aromatic rings. The van der Waals surface area contributed by atoms with Crippen molar-refractivity contribution in [1.82, 2.24) is 4.90 Å². The number of rotatable bonds is 8. The van der Waals surface area contributed by atoms with E-state index in [2.05, 4.69) is 0 Å². The van der Waals surface area contributed by atoms with Gasteiger partial charge in [-0.3, -0.25) is 9.59 Å². The molecule has 14 nitrogen and oxygen atoms in total. The number of hydrogen-bond donors (Lipinski definition) is 4. The normalized spacial score (nSPS) is 49.0. The number of likely N-dealkylation sites (N-methyl/N-ethyl adjacent to an activating group) is 1. The molecular formula is C38H69NO13. The van der Waals surface area contributed by atoms with Crippen molar-refractivity contribution in [3.8, 4) is 0 Å². The molecule has 304 valence electrons. The van der Waals surface area contributed by atoms with Crippen molar-refractivity contribution in [2.24, 2.45) is 23.7 Å². The molecule has 0 aromatic carbocycles. The maximum Gasteiger partial charge on any atom is 0.311 e. The molecule has 3 saturated heterocycles. The van der Waals surface area contributed by atoms with Crippen molar-refractivity contribution in [2.45, 2.75) is 179 Å². The topological polar surface area (TPSA) is 183 Å². The quantitative estimate of drug-likeness (QED) is 0.266.